The van der Waals surface area contributed by atoms with Crippen LogP contribution in [0, 0.1) is 0 Å². The second-order valence-corrected chi connectivity index (χ2v) is 11.6. The van der Waals surface area contributed by atoms with Crippen molar-refractivity contribution in [3.63, 3.8) is 0 Å². The maximum Gasteiger partial charge on any atom is 0.137 e. The quantitative estimate of drug-likeness (QED) is 0.221. The number of fused-ring (bicyclic) bond motifs is 10. The van der Waals surface area contributed by atoms with Gasteiger partial charge in [-0.2, -0.15) is 0 Å². The average Bonchev–Trinajstić information content (AvgIpc) is 3.77. The monoisotopic (exact) mass is 593 g/mol. The van der Waals surface area contributed by atoms with Gasteiger partial charge in [-0.25, -0.2) is 4.98 Å². The lowest BCUT2D eigenvalue weighted by molar-refractivity contribution is 0.477. The summed E-state index contributed by atoms with van der Waals surface area (Å²) in [7, 11) is 0. The number of rotatable bonds is 3. The highest BCUT2D eigenvalue weighted by atomic mass is 16.3. The minimum Gasteiger partial charge on any atom is -0.507 e. The summed E-state index contributed by atoms with van der Waals surface area (Å²) in [6.07, 6.45) is 1.81. The normalized spacial score (nSPS) is 12.0. The number of benzene rings is 5. The van der Waals surface area contributed by atoms with Crippen molar-refractivity contribution in [1.82, 2.24) is 14.5 Å². The molecule has 216 valence electrons. The number of nitrogens with zero attached hydrogens (tertiary/aromatic N) is 3. The van der Waals surface area contributed by atoms with Crippen LogP contribution in [0.1, 0.15) is 0 Å². The van der Waals surface area contributed by atoms with E-state index in [9.17, 15) is 5.11 Å². The maximum atomic E-state index is 10.7. The maximum absolute atomic E-state index is 10.7. The third kappa shape index (κ3) is 3.52. The van der Waals surface area contributed by atoms with E-state index in [-0.39, 0.29) is 5.75 Å². The molecule has 0 fully saturated rings. The second kappa shape index (κ2) is 9.30. The van der Waals surface area contributed by atoms with E-state index >= 15 is 0 Å². The van der Waals surface area contributed by atoms with Crippen molar-refractivity contribution >= 4 is 65.8 Å². The molecule has 0 saturated heterocycles. The van der Waals surface area contributed by atoms with Crippen LogP contribution in [0.3, 0.4) is 0 Å². The van der Waals surface area contributed by atoms with Gasteiger partial charge in [0.15, 0.2) is 0 Å². The summed E-state index contributed by atoms with van der Waals surface area (Å²) in [5, 5.41) is 15.9. The molecular weight excluding hydrogens is 570 g/mol. The van der Waals surface area contributed by atoms with Crippen LogP contribution in [0.15, 0.2) is 142 Å². The topological polar surface area (TPSA) is 77.2 Å². The number of furan rings is 2. The van der Waals surface area contributed by atoms with E-state index < -0.39 is 0 Å². The number of aromatic hydroxyl groups is 1. The summed E-state index contributed by atoms with van der Waals surface area (Å²) in [5.74, 6) is 0.187. The van der Waals surface area contributed by atoms with Crippen LogP contribution < -0.4 is 0 Å². The van der Waals surface area contributed by atoms with Crippen molar-refractivity contribution in [2.75, 3.05) is 0 Å². The van der Waals surface area contributed by atoms with Crippen LogP contribution in [0.2, 0.25) is 0 Å². The summed E-state index contributed by atoms with van der Waals surface area (Å²) in [5.41, 5.74) is 10.2. The van der Waals surface area contributed by atoms with Crippen LogP contribution >= 0.6 is 0 Å². The Balaban J connectivity index is 1.32. The highest BCUT2D eigenvalue weighted by molar-refractivity contribution is 6.27. The number of aromatic nitrogens is 3. The average molecular weight is 594 g/mol. The van der Waals surface area contributed by atoms with Crippen molar-refractivity contribution in [1.29, 1.82) is 0 Å². The lowest BCUT2D eigenvalue weighted by atomic mass is 10.0. The predicted molar refractivity (Wildman–Crippen MR) is 183 cm³/mol. The molecule has 5 heterocycles. The molecule has 10 rings (SSSR count). The van der Waals surface area contributed by atoms with E-state index in [4.69, 9.17) is 13.8 Å². The summed E-state index contributed by atoms with van der Waals surface area (Å²) < 4.78 is 15.0. The van der Waals surface area contributed by atoms with Gasteiger partial charge in [-0.05, 0) is 84.9 Å². The zero-order chi connectivity index (χ0) is 30.4. The van der Waals surface area contributed by atoms with E-state index in [2.05, 4.69) is 52.0 Å². The predicted octanol–water partition coefficient (Wildman–Crippen LogP) is 10.4. The Morgan fingerprint density at radius 1 is 0.543 bits per heavy atom. The molecule has 10 aromatic rings. The first-order valence-corrected chi connectivity index (χ1v) is 15.1. The molecular formula is C40H23N3O3. The Morgan fingerprint density at radius 2 is 1.33 bits per heavy atom. The smallest absolute Gasteiger partial charge is 0.137 e. The van der Waals surface area contributed by atoms with Gasteiger partial charge in [0.2, 0.25) is 0 Å². The molecule has 46 heavy (non-hydrogen) atoms. The Bertz CT molecular complexity index is 2820. The van der Waals surface area contributed by atoms with Gasteiger partial charge in [0.1, 0.15) is 28.1 Å². The first-order chi connectivity index (χ1) is 22.7. The number of hydrogen-bond donors (Lipinski definition) is 1. The SMILES string of the molecule is Oc1ccccc1-c1ccc2c(n1)c1c3c(ccc1n2-c1ccc2c(c1)oc1ccccc12)oc1ccc(-c2ccccn2)cc13. The zero-order valence-electron chi connectivity index (χ0n) is 24.3. The summed E-state index contributed by atoms with van der Waals surface area (Å²) in [4.78, 5) is 9.83. The molecule has 0 atom stereocenters. The standard InChI is InChI=1S/C40H23N3O3/c44-33-10-3-1-8-27(33)30-15-16-32-40(42-30)39-31(43(32)24-13-14-26-25-7-2-4-11-34(25)46-37(26)22-24)17-19-36-38(39)28-21-23(12-18-35(28)45-36)29-9-5-6-20-41-29/h1-22,44H. The number of phenols is 1. The summed E-state index contributed by atoms with van der Waals surface area (Å²) >= 11 is 0. The lowest BCUT2D eigenvalue weighted by Crippen LogP contribution is -1.94. The van der Waals surface area contributed by atoms with E-state index in [0.717, 1.165) is 82.8 Å². The van der Waals surface area contributed by atoms with Crippen molar-refractivity contribution in [2.24, 2.45) is 0 Å². The molecule has 6 nitrogen and oxygen atoms in total. The van der Waals surface area contributed by atoms with Crippen LogP contribution in [-0.4, -0.2) is 19.6 Å². The fraction of sp³-hybridized carbons (Fsp3) is 0. The van der Waals surface area contributed by atoms with E-state index in [0.29, 0.717) is 11.3 Å². The van der Waals surface area contributed by atoms with E-state index in [1.807, 2.05) is 85.1 Å². The lowest BCUT2D eigenvalue weighted by Gasteiger charge is -2.08. The summed E-state index contributed by atoms with van der Waals surface area (Å²) in [6, 6.07) is 42.1. The molecule has 0 saturated carbocycles. The number of hydrogen-bond acceptors (Lipinski definition) is 5. The Labute approximate surface area is 261 Å². The Hall–Kier alpha value is -6.40. The summed E-state index contributed by atoms with van der Waals surface area (Å²) in [6.45, 7) is 0. The van der Waals surface area contributed by atoms with Gasteiger partial charge >= 0.3 is 0 Å². The van der Waals surface area contributed by atoms with Crippen LogP contribution in [0.25, 0.3) is 94.0 Å². The van der Waals surface area contributed by atoms with Gasteiger partial charge in [0.25, 0.3) is 0 Å². The number of pyridine rings is 2. The number of phenolic OH excluding ortho intramolecular Hbond substituents is 1. The highest BCUT2D eigenvalue weighted by Crippen LogP contribution is 2.43. The van der Waals surface area contributed by atoms with Gasteiger partial charge in [0.05, 0.1) is 27.9 Å². The fourth-order valence-corrected chi connectivity index (χ4v) is 6.89. The van der Waals surface area contributed by atoms with Gasteiger partial charge < -0.3 is 18.5 Å². The molecule has 0 aliphatic rings. The largest absolute Gasteiger partial charge is 0.507 e. The third-order valence-corrected chi connectivity index (χ3v) is 8.97. The van der Waals surface area contributed by atoms with Gasteiger partial charge in [-0.1, -0.05) is 36.4 Å². The molecule has 0 aliphatic carbocycles. The fourth-order valence-electron chi connectivity index (χ4n) is 6.89. The molecule has 0 amide bonds. The van der Waals surface area contributed by atoms with Crippen LogP contribution in [0.5, 0.6) is 5.75 Å². The van der Waals surface area contributed by atoms with Crippen molar-refractivity contribution in [3.05, 3.63) is 134 Å². The molecule has 0 aliphatic heterocycles. The van der Waals surface area contributed by atoms with Crippen LogP contribution in [0.4, 0.5) is 0 Å². The molecule has 5 aromatic heterocycles. The van der Waals surface area contributed by atoms with Gasteiger partial charge in [0, 0.05) is 56.0 Å². The minimum absolute atomic E-state index is 0.187. The molecule has 0 radical (unpaired) electrons. The van der Waals surface area contributed by atoms with Crippen LogP contribution in [-0.2, 0) is 0 Å². The van der Waals surface area contributed by atoms with E-state index in [1.54, 1.807) is 6.07 Å². The minimum atomic E-state index is 0.187. The van der Waals surface area contributed by atoms with Gasteiger partial charge in [-0.15, -0.1) is 0 Å². The first kappa shape index (κ1) is 25.0. The van der Waals surface area contributed by atoms with Crippen molar-refractivity contribution in [3.8, 4) is 34.0 Å². The van der Waals surface area contributed by atoms with Crippen molar-refractivity contribution in [2.45, 2.75) is 0 Å². The molecule has 0 unspecified atom stereocenters. The molecule has 0 bridgehead atoms. The molecule has 0 spiro atoms. The highest BCUT2D eigenvalue weighted by Gasteiger charge is 2.22. The van der Waals surface area contributed by atoms with E-state index in [1.165, 1.54) is 0 Å². The third-order valence-electron chi connectivity index (χ3n) is 8.97. The Morgan fingerprint density at radius 3 is 2.24 bits per heavy atom. The molecule has 1 N–H and O–H groups in total. The first-order valence-electron chi connectivity index (χ1n) is 15.1. The van der Waals surface area contributed by atoms with Gasteiger partial charge in [-0.3, -0.25) is 4.98 Å². The molecule has 6 heteroatoms. The number of para-hydroxylation sites is 2. The second-order valence-electron chi connectivity index (χ2n) is 11.6. The van der Waals surface area contributed by atoms with Crippen molar-refractivity contribution < 1.29 is 13.9 Å². The molecule has 5 aromatic carbocycles. The zero-order valence-corrected chi connectivity index (χ0v) is 24.3. The Kier molecular flexibility index (Phi) is 5.05.